The number of carbonyl (C=O) groups excluding carboxylic acids is 3. The summed E-state index contributed by atoms with van der Waals surface area (Å²) in [6.45, 7) is 7.01. The van der Waals surface area contributed by atoms with Gasteiger partial charge in [-0.25, -0.2) is 0 Å². The number of benzene rings is 4. The van der Waals surface area contributed by atoms with E-state index in [1.165, 1.54) is 19.1 Å². The first-order chi connectivity index (χ1) is 20.3. The molecule has 0 radical (unpaired) electrons. The third kappa shape index (κ3) is 8.28. The summed E-state index contributed by atoms with van der Waals surface area (Å²) in [6, 6.07) is 21.7. The molecule has 0 aromatic heterocycles. The van der Waals surface area contributed by atoms with Crippen LogP contribution in [0.3, 0.4) is 0 Å². The average Bonchev–Trinajstić information content (AvgIpc) is 2.94. The molecule has 0 aliphatic carbocycles. The van der Waals surface area contributed by atoms with Gasteiger partial charge in [0.25, 0.3) is 21.9 Å². The van der Waals surface area contributed by atoms with E-state index in [4.69, 9.17) is 0 Å². The molecule has 11 heteroatoms. The molecule has 4 aromatic rings. The number of nitrogens with one attached hydrogen (secondary N) is 4. The number of rotatable bonds is 9. The van der Waals surface area contributed by atoms with Gasteiger partial charge in [-0.3, -0.25) is 29.8 Å². The van der Waals surface area contributed by atoms with Crippen molar-refractivity contribution in [2.45, 2.75) is 39.0 Å². The Bertz CT molecular complexity index is 1820. The molecule has 10 nitrogen and oxygen atoms in total. The molecule has 3 amide bonds. The minimum absolute atomic E-state index is 0.0333. The molecule has 0 aliphatic rings. The van der Waals surface area contributed by atoms with Crippen LogP contribution in [0.1, 0.15) is 55.5 Å². The third-order valence-corrected chi connectivity index (χ3v) is 7.46. The first-order valence-corrected chi connectivity index (χ1v) is 14.8. The molecule has 0 unspecified atom stereocenters. The van der Waals surface area contributed by atoms with Crippen LogP contribution in [0.4, 0.5) is 17.1 Å². The van der Waals surface area contributed by atoms with Crippen molar-refractivity contribution in [3.63, 3.8) is 0 Å². The smallest absolute Gasteiger partial charge is 0.294 e. The Kier molecular flexibility index (Phi) is 9.27. The van der Waals surface area contributed by atoms with E-state index < -0.39 is 21.9 Å². The lowest BCUT2D eigenvalue weighted by molar-refractivity contribution is -0.118. The van der Waals surface area contributed by atoms with E-state index in [-0.39, 0.29) is 16.4 Å². The Hall–Kier alpha value is -5.00. The number of hydrazine groups is 1. The molecule has 222 valence electrons. The lowest BCUT2D eigenvalue weighted by atomic mass is 9.95. The molecule has 0 aliphatic heterocycles. The number of amides is 3. The van der Waals surface area contributed by atoms with Gasteiger partial charge in [-0.05, 0) is 104 Å². The Morgan fingerprint density at radius 2 is 1.33 bits per heavy atom. The fourth-order valence-electron chi connectivity index (χ4n) is 4.50. The standard InChI is InChI=1S/C32H32N4O6S/c1-19-5-6-23(21(3)13-19)16-24-7-8-28(34-31(38)25-14-20(2)15-29(17-25)43(40,41)42)18-30(24)32(39)33-26-9-11-27(12-10-26)36-35-22(4)37/h5-15,17-18,36H,16H2,1-4H3,(H,33,39)(H,34,38)(H,35,37)(H,40,41,42). The molecule has 0 spiro atoms. The van der Waals surface area contributed by atoms with Gasteiger partial charge in [-0.1, -0.05) is 29.8 Å². The summed E-state index contributed by atoms with van der Waals surface area (Å²) in [5.41, 5.74) is 11.5. The van der Waals surface area contributed by atoms with Crippen molar-refractivity contribution in [2.75, 3.05) is 16.1 Å². The molecule has 0 saturated carbocycles. The quantitative estimate of drug-likeness (QED) is 0.127. The van der Waals surface area contributed by atoms with Crippen molar-refractivity contribution in [1.29, 1.82) is 0 Å². The number of carbonyl (C=O) groups is 3. The maximum absolute atomic E-state index is 13.6. The molecular formula is C32H32N4O6S. The molecule has 0 saturated heterocycles. The summed E-state index contributed by atoms with van der Waals surface area (Å²) in [5.74, 6) is -1.26. The fraction of sp³-hybridized carbons (Fsp3) is 0.156. The van der Waals surface area contributed by atoms with Crippen molar-refractivity contribution in [1.82, 2.24) is 5.43 Å². The Morgan fingerprint density at radius 1 is 0.698 bits per heavy atom. The molecule has 43 heavy (non-hydrogen) atoms. The highest BCUT2D eigenvalue weighted by Gasteiger charge is 2.18. The highest BCUT2D eigenvalue weighted by Crippen LogP contribution is 2.24. The predicted molar refractivity (Wildman–Crippen MR) is 166 cm³/mol. The number of anilines is 3. The first-order valence-electron chi connectivity index (χ1n) is 13.3. The minimum Gasteiger partial charge on any atom is -0.322 e. The van der Waals surface area contributed by atoms with Crippen LogP contribution in [0, 0.1) is 20.8 Å². The predicted octanol–water partition coefficient (Wildman–Crippen LogP) is 5.42. The highest BCUT2D eigenvalue weighted by molar-refractivity contribution is 7.85. The van der Waals surface area contributed by atoms with Crippen molar-refractivity contribution < 1.29 is 27.4 Å². The highest BCUT2D eigenvalue weighted by atomic mass is 32.2. The van der Waals surface area contributed by atoms with Crippen molar-refractivity contribution in [3.8, 4) is 0 Å². The summed E-state index contributed by atoms with van der Waals surface area (Å²) in [7, 11) is -4.51. The fourth-order valence-corrected chi connectivity index (χ4v) is 5.11. The van der Waals surface area contributed by atoms with Gasteiger partial charge < -0.3 is 10.6 Å². The molecule has 0 fully saturated rings. The topological polar surface area (TPSA) is 154 Å². The van der Waals surface area contributed by atoms with Gasteiger partial charge >= 0.3 is 0 Å². The van der Waals surface area contributed by atoms with Crippen molar-refractivity contribution >= 4 is 44.9 Å². The summed E-state index contributed by atoms with van der Waals surface area (Å²) < 4.78 is 32.8. The largest absolute Gasteiger partial charge is 0.322 e. The van der Waals surface area contributed by atoms with Crippen molar-refractivity contribution in [2.24, 2.45) is 0 Å². The third-order valence-electron chi connectivity index (χ3n) is 6.63. The summed E-state index contributed by atoms with van der Waals surface area (Å²) in [4.78, 5) is 37.4. The van der Waals surface area contributed by atoms with E-state index in [0.29, 0.717) is 34.6 Å². The SMILES string of the molecule is CC(=O)NNc1ccc(NC(=O)c2cc(NC(=O)c3cc(C)cc(S(=O)(=O)O)c3)ccc2Cc2ccc(C)cc2C)cc1. The van der Waals surface area contributed by atoms with E-state index in [9.17, 15) is 27.4 Å². The van der Waals surface area contributed by atoms with E-state index >= 15 is 0 Å². The van der Waals surface area contributed by atoms with Gasteiger partial charge in [0.05, 0.1) is 10.6 Å². The van der Waals surface area contributed by atoms with E-state index in [2.05, 4.69) is 27.6 Å². The average molecular weight is 601 g/mol. The van der Waals surface area contributed by atoms with E-state index in [1.54, 1.807) is 49.4 Å². The van der Waals surface area contributed by atoms with Crippen LogP contribution in [-0.2, 0) is 21.3 Å². The molecular weight excluding hydrogens is 568 g/mol. The van der Waals surface area contributed by atoms with Crippen LogP contribution in [0.25, 0.3) is 0 Å². The van der Waals surface area contributed by atoms with Crippen LogP contribution >= 0.6 is 0 Å². The molecule has 0 atom stereocenters. The minimum atomic E-state index is -4.51. The zero-order valence-corrected chi connectivity index (χ0v) is 24.9. The summed E-state index contributed by atoms with van der Waals surface area (Å²) >= 11 is 0. The van der Waals surface area contributed by atoms with Crippen LogP contribution < -0.4 is 21.5 Å². The number of hydrogen-bond acceptors (Lipinski definition) is 6. The zero-order valence-electron chi connectivity index (χ0n) is 24.1. The molecule has 0 heterocycles. The number of hydrogen-bond donors (Lipinski definition) is 5. The summed E-state index contributed by atoms with van der Waals surface area (Å²) in [6.07, 6.45) is 0.471. The lowest BCUT2D eigenvalue weighted by Gasteiger charge is -2.15. The van der Waals surface area contributed by atoms with Crippen molar-refractivity contribution in [3.05, 3.63) is 118 Å². The van der Waals surface area contributed by atoms with Gasteiger partial charge in [-0.2, -0.15) is 8.42 Å². The lowest BCUT2D eigenvalue weighted by Crippen LogP contribution is -2.26. The molecule has 5 N–H and O–H groups in total. The molecule has 0 bridgehead atoms. The second-order valence-electron chi connectivity index (χ2n) is 10.3. The van der Waals surface area contributed by atoms with Crippen LogP contribution in [0.15, 0.2) is 83.8 Å². The maximum atomic E-state index is 13.6. The monoisotopic (exact) mass is 600 g/mol. The van der Waals surface area contributed by atoms with Crippen LogP contribution in [-0.4, -0.2) is 30.7 Å². The van der Waals surface area contributed by atoms with E-state index in [0.717, 1.165) is 28.3 Å². The van der Waals surface area contributed by atoms with Gasteiger partial charge in [0.15, 0.2) is 0 Å². The van der Waals surface area contributed by atoms with Crippen LogP contribution in [0.2, 0.25) is 0 Å². The van der Waals surface area contributed by atoms with Gasteiger partial charge in [0.1, 0.15) is 0 Å². The second-order valence-corrected chi connectivity index (χ2v) is 11.7. The van der Waals surface area contributed by atoms with Crippen LogP contribution in [0.5, 0.6) is 0 Å². The Morgan fingerprint density at radius 3 is 1.98 bits per heavy atom. The molecule has 4 aromatic carbocycles. The Labute approximate surface area is 250 Å². The normalized spacial score (nSPS) is 11.0. The van der Waals surface area contributed by atoms with Gasteiger partial charge in [0.2, 0.25) is 5.91 Å². The number of aryl methyl sites for hydroxylation is 3. The summed E-state index contributed by atoms with van der Waals surface area (Å²) in [5, 5.41) is 5.61. The Balaban J connectivity index is 1.64. The zero-order chi connectivity index (χ0) is 31.3. The first kappa shape index (κ1) is 30.9. The van der Waals surface area contributed by atoms with Gasteiger partial charge in [-0.15, -0.1) is 0 Å². The maximum Gasteiger partial charge on any atom is 0.294 e. The van der Waals surface area contributed by atoms with Gasteiger partial charge in [0, 0.05) is 29.4 Å². The second kappa shape index (κ2) is 12.9. The molecule has 4 rings (SSSR count). The van der Waals surface area contributed by atoms with E-state index in [1.807, 2.05) is 26.0 Å².